The van der Waals surface area contributed by atoms with Gasteiger partial charge in [-0.05, 0) is 47.5 Å². The van der Waals surface area contributed by atoms with E-state index in [0.717, 1.165) is 24.3 Å². The largest absolute Gasteiger partial charge is 0.451 e. The van der Waals surface area contributed by atoms with Crippen LogP contribution in [0.25, 0.3) is 21.9 Å². The maximum atomic E-state index is 15.3. The van der Waals surface area contributed by atoms with Gasteiger partial charge in [-0.3, -0.25) is 0 Å². The number of ether oxygens (including phenoxy) is 1. The Hall–Kier alpha value is -5.58. The first-order chi connectivity index (χ1) is 21.6. The van der Waals surface area contributed by atoms with E-state index in [1.54, 1.807) is 48.5 Å². The van der Waals surface area contributed by atoms with Gasteiger partial charge in [-0.2, -0.15) is 0 Å². The molecule has 2 aromatic heterocycles. The van der Waals surface area contributed by atoms with Crippen LogP contribution >= 0.6 is 0 Å². The summed E-state index contributed by atoms with van der Waals surface area (Å²) in [5.41, 5.74) is 11.5. The standard InChI is InChI=1S/C34H24F4N2O5/c35-15-25-21-11-27(37)31(13-29(21)44-33(41)23(25)9-17-3-1-5-19(39)7-17)43-32-14-30-22(12-28(32)38)26(16-36)24(34(42)45-30)10-18-4-2-6-20(40)8-18/h1-8,11-14H,9-10,15-16,39-40H2. The summed E-state index contributed by atoms with van der Waals surface area (Å²) in [6.07, 6.45) is -0.00411. The third kappa shape index (κ3) is 5.72. The number of hydrogen-bond acceptors (Lipinski definition) is 7. The van der Waals surface area contributed by atoms with E-state index in [4.69, 9.17) is 25.0 Å². The molecule has 0 aliphatic heterocycles. The molecule has 0 radical (unpaired) electrons. The summed E-state index contributed by atoms with van der Waals surface area (Å²) in [5, 5.41) is -0.0164. The summed E-state index contributed by atoms with van der Waals surface area (Å²) in [6.45, 7) is -2.18. The number of nitrogen functional groups attached to an aromatic ring is 2. The summed E-state index contributed by atoms with van der Waals surface area (Å²) < 4.78 is 75.4. The molecular weight excluding hydrogens is 592 g/mol. The van der Waals surface area contributed by atoms with Gasteiger partial charge < -0.3 is 25.0 Å². The molecule has 6 rings (SSSR count). The van der Waals surface area contributed by atoms with Gasteiger partial charge >= 0.3 is 11.3 Å². The van der Waals surface area contributed by atoms with Crippen LogP contribution < -0.4 is 27.5 Å². The Morgan fingerprint density at radius 2 is 1.02 bits per heavy atom. The van der Waals surface area contributed by atoms with Crippen LogP contribution in [-0.2, 0) is 26.2 Å². The molecule has 0 aliphatic rings. The van der Waals surface area contributed by atoms with E-state index < -0.39 is 47.7 Å². The van der Waals surface area contributed by atoms with E-state index in [-0.39, 0.29) is 57.0 Å². The molecule has 11 heteroatoms. The Balaban J connectivity index is 1.38. The smallest absolute Gasteiger partial charge is 0.340 e. The van der Waals surface area contributed by atoms with Crippen LogP contribution in [0.2, 0.25) is 0 Å². The molecule has 2 heterocycles. The normalized spacial score (nSPS) is 11.4. The van der Waals surface area contributed by atoms with Crippen molar-refractivity contribution in [3.8, 4) is 11.5 Å². The highest BCUT2D eigenvalue weighted by Gasteiger charge is 2.22. The van der Waals surface area contributed by atoms with E-state index >= 15 is 8.78 Å². The number of rotatable bonds is 8. The molecule has 7 nitrogen and oxygen atoms in total. The quantitative estimate of drug-likeness (QED) is 0.105. The van der Waals surface area contributed by atoms with Gasteiger partial charge in [0.25, 0.3) is 0 Å². The van der Waals surface area contributed by atoms with Gasteiger partial charge in [-0.15, -0.1) is 0 Å². The number of halogens is 4. The first kappa shape index (κ1) is 29.5. The van der Waals surface area contributed by atoms with Crippen molar-refractivity contribution in [2.75, 3.05) is 11.5 Å². The Kier molecular flexibility index (Phi) is 7.76. The Morgan fingerprint density at radius 3 is 1.40 bits per heavy atom. The molecule has 4 N–H and O–H groups in total. The van der Waals surface area contributed by atoms with Crippen LogP contribution in [0.3, 0.4) is 0 Å². The Labute approximate surface area is 252 Å². The van der Waals surface area contributed by atoms with Crippen molar-refractivity contribution >= 4 is 33.3 Å². The first-order valence-corrected chi connectivity index (χ1v) is 13.7. The zero-order valence-electron chi connectivity index (χ0n) is 23.5. The van der Waals surface area contributed by atoms with Gasteiger partial charge in [-0.25, -0.2) is 27.2 Å². The molecule has 6 aromatic rings. The summed E-state index contributed by atoms with van der Waals surface area (Å²) in [4.78, 5) is 25.7. The van der Waals surface area contributed by atoms with Gasteiger partial charge in [0.1, 0.15) is 24.5 Å². The second-order valence-corrected chi connectivity index (χ2v) is 10.5. The summed E-state index contributed by atoms with van der Waals surface area (Å²) in [7, 11) is 0. The molecular formula is C34H24F4N2O5. The van der Waals surface area contributed by atoms with Crippen molar-refractivity contribution < 1.29 is 31.1 Å². The van der Waals surface area contributed by atoms with Gasteiger partial charge in [-0.1, -0.05) is 24.3 Å². The van der Waals surface area contributed by atoms with Crippen LogP contribution in [0.1, 0.15) is 33.4 Å². The van der Waals surface area contributed by atoms with Crippen molar-refractivity contribution in [1.29, 1.82) is 0 Å². The molecule has 0 amide bonds. The maximum absolute atomic E-state index is 15.3. The molecule has 45 heavy (non-hydrogen) atoms. The van der Waals surface area contributed by atoms with Crippen molar-refractivity contribution in [2.24, 2.45) is 0 Å². The van der Waals surface area contributed by atoms with Gasteiger partial charge in [0.2, 0.25) is 0 Å². The molecule has 0 fully saturated rings. The number of benzene rings is 4. The zero-order valence-corrected chi connectivity index (χ0v) is 23.5. The fraction of sp³-hybridized carbons (Fsp3) is 0.118. The van der Waals surface area contributed by atoms with Crippen molar-refractivity contribution in [3.05, 3.63) is 139 Å². The van der Waals surface area contributed by atoms with Gasteiger partial charge in [0.15, 0.2) is 23.1 Å². The fourth-order valence-electron chi connectivity index (χ4n) is 5.36. The van der Waals surface area contributed by atoms with Crippen LogP contribution in [-0.4, -0.2) is 0 Å². The monoisotopic (exact) mass is 616 g/mol. The Bertz CT molecular complexity index is 2070. The summed E-state index contributed by atoms with van der Waals surface area (Å²) >= 11 is 0. The average molecular weight is 617 g/mol. The number of anilines is 2. The van der Waals surface area contributed by atoms with E-state index in [1.807, 2.05) is 0 Å². The molecule has 228 valence electrons. The second kappa shape index (κ2) is 11.8. The van der Waals surface area contributed by atoms with Gasteiger partial charge in [0.05, 0.1) is 0 Å². The predicted octanol–water partition coefficient (Wildman–Crippen LogP) is 7.25. The molecule has 0 atom stereocenters. The lowest BCUT2D eigenvalue weighted by Gasteiger charge is -2.14. The lowest BCUT2D eigenvalue weighted by atomic mass is 9.98. The number of alkyl halides is 2. The Morgan fingerprint density at radius 1 is 0.600 bits per heavy atom. The van der Waals surface area contributed by atoms with Crippen LogP contribution in [0.4, 0.5) is 28.9 Å². The fourth-order valence-corrected chi connectivity index (χ4v) is 5.36. The lowest BCUT2D eigenvalue weighted by molar-refractivity contribution is 0.412. The number of nitrogens with two attached hydrogens (primary N) is 2. The van der Waals surface area contributed by atoms with E-state index in [2.05, 4.69) is 0 Å². The minimum atomic E-state index is -1.09. The molecule has 4 aromatic carbocycles. The second-order valence-electron chi connectivity index (χ2n) is 10.5. The van der Waals surface area contributed by atoms with E-state index in [0.29, 0.717) is 22.5 Å². The predicted molar refractivity (Wildman–Crippen MR) is 162 cm³/mol. The third-order valence-corrected chi connectivity index (χ3v) is 7.50. The molecule has 0 saturated carbocycles. The van der Waals surface area contributed by atoms with Crippen molar-refractivity contribution in [1.82, 2.24) is 0 Å². The topological polar surface area (TPSA) is 122 Å². The van der Waals surface area contributed by atoms with Gasteiger partial charge in [0, 0.05) is 69.4 Å². The van der Waals surface area contributed by atoms with Crippen molar-refractivity contribution in [2.45, 2.75) is 26.2 Å². The highest BCUT2D eigenvalue weighted by molar-refractivity contribution is 5.84. The molecule has 0 unspecified atom stereocenters. The highest BCUT2D eigenvalue weighted by Crippen LogP contribution is 2.35. The summed E-state index contributed by atoms with van der Waals surface area (Å²) in [6, 6.07) is 17.2. The average Bonchev–Trinajstić information content (AvgIpc) is 3.00. The van der Waals surface area contributed by atoms with Crippen molar-refractivity contribution in [3.63, 3.8) is 0 Å². The maximum Gasteiger partial charge on any atom is 0.340 e. The molecule has 0 saturated heterocycles. The van der Waals surface area contributed by atoms with E-state index in [9.17, 15) is 18.4 Å². The lowest BCUT2D eigenvalue weighted by Crippen LogP contribution is -2.13. The minimum absolute atomic E-state index is 0.00182. The van der Waals surface area contributed by atoms with Crippen LogP contribution in [0.5, 0.6) is 11.5 Å². The number of hydrogen-bond donors (Lipinski definition) is 2. The van der Waals surface area contributed by atoms with Crippen LogP contribution in [0.15, 0.2) is 91.2 Å². The zero-order chi connectivity index (χ0) is 31.8. The van der Waals surface area contributed by atoms with E-state index in [1.165, 1.54) is 0 Å². The number of fused-ring (bicyclic) bond motifs is 2. The molecule has 0 bridgehead atoms. The van der Waals surface area contributed by atoms with Crippen LogP contribution in [0, 0.1) is 11.6 Å². The molecule has 0 aliphatic carbocycles. The highest BCUT2D eigenvalue weighted by atomic mass is 19.1. The first-order valence-electron chi connectivity index (χ1n) is 13.7. The SMILES string of the molecule is Nc1cccc(Cc2c(CF)c3cc(F)c(Oc4cc5oc(=O)c(Cc6cccc(N)c6)c(CF)c5cc4F)cc3oc2=O)c1. The summed E-state index contributed by atoms with van der Waals surface area (Å²) in [5.74, 6) is -3.13. The third-order valence-electron chi connectivity index (χ3n) is 7.50. The minimum Gasteiger partial charge on any atom is -0.451 e. The molecule has 0 spiro atoms.